The minimum Gasteiger partial charge on any atom is -0.207 e. The van der Waals surface area contributed by atoms with Crippen molar-refractivity contribution in [2.24, 2.45) is 5.92 Å². The van der Waals surface area contributed by atoms with Crippen molar-refractivity contribution < 1.29 is 8.78 Å². The number of alkyl halides is 1. The van der Waals surface area contributed by atoms with Crippen LogP contribution in [0.3, 0.4) is 0 Å². The third-order valence-electron chi connectivity index (χ3n) is 2.37. The summed E-state index contributed by atoms with van der Waals surface area (Å²) < 4.78 is 26.9. The smallest absolute Gasteiger partial charge is 0.137 e. The van der Waals surface area contributed by atoms with Gasteiger partial charge in [0.15, 0.2) is 0 Å². The molecule has 0 bridgehead atoms. The standard InChI is InChI=1S/C12H14BrClF2/c1-7(2)3-4-10(14)8-5-12(16)9(13)6-11(8)15/h5-7,10H,3-4H2,1-2H3. The maximum Gasteiger partial charge on any atom is 0.137 e. The summed E-state index contributed by atoms with van der Waals surface area (Å²) in [4.78, 5) is 0. The molecule has 0 aliphatic carbocycles. The van der Waals surface area contributed by atoms with E-state index in [0.29, 0.717) is 12.3 Å². The van der Waals surface area contributed by atoms with Gasteiger partial charge in [0.1, 0.15) is 11.6 Å². The first-order chi connectivity index (χ1) is 7.41. The summed E-state index contributed by atoms with van der Waals surface area (Å²) in [7, 11) is 0. The predicted molar refractivity (Wildman–Crippen MR) is 66.7 cm³/mol. The van der Waals surface area contributed by atoms with Gasteiger partial charge in [-0.2, -0.15) is 0 Å². The van der Waals surface area contributed by atoms with Gasteiger partial charge in [-0.3, -0.25) is 0 Å². The SMILES string of the molecule is CC(C)CCC(Cl)c1cc(F)c(Br)cc1F. The second-order valence-electron chi connectivity index (χ2n) is 4.23. The Morgan fingerprint density at radius 1 is 1.19 bits per heavy atom. The van der Waals surface area contributed by atoms with Gasteiger partial charge in [0.2, 0.25) is 0 Å². The van der Waals surface area contributed by atoms with Crippen LogP contribution in [0.4, 0.5) is 8.78 Å². The zero-order valence-corrected chi connectivity index (χ0v) is 11.6. The maximum atomic E-state index is 13.5. The molecule has 0 fully saturated rings. The molecule has 0 spiro atoms. The fourth-order valence-corrected chi connectivity index (χ4v) is 2.02. The van der Waals surface area contributed by atoms with E-state index in [9.17, 15) is 8.78 Å². The Morgan fingerprint density at radius 2 is 1.81 bits per heavy atom. The van der Waals surface area contributed by atoms with Gasteiger partial charge in [-0.25, -0.2) is 8.78 Å². The van der Waals surface area contributed by atoms with Crippen molar-refractivity contribution in [2.45, 2.75) is 32.1 Å². The third kappa shape index (κ3) is 3.70. The first-order valence-electron chi connectivity index (χ1n) is 5.20. The van der Waals surface area contributed by atoms with E-state index in [1.54, 1.807) is 0 Å². The van der Waals surface area contributed by atoms with Crippen LogP contribution in [0.1, 0.15) is 37.6 Å². The van der Waals surface area contributed by atoms with E-state index < -0.39 is 17.0 Å². The highest BCUT2D eigenvalue weighted by Crippen LogP contribution is 2.31. The zero-order chi connectivity index (χ0) is 12.3. The van der Waals surface area contributed by atoms with Gasteiger partial charge in [0, 0.05) is 5.56 Å². The van der Waals surface area contributed by atoms with Crippen LogP contribution in [0.2, 0.25) is 0 Å². The molecule has 0 aliphatic heterocycles. The van der Waals surface area contributed by atoms with Gasteiger partial charge < -0.3 is 0 Å². The van der Waals surface area contributed by atoms with E-state index in [2.05, 4.69) is 29.8 Å². The van der Waals surface area contributed by atoms with E-state index in [4.69, 9.17) is 11.6 Å². The minimum absolute atomic E-state index is 0.126. The fraction of sp³-hybridized carbons (Fsp3) is 0.500. The van der Waals surface area contributed by atoms with E-state index in [-0.39, 0.29) is 10.0 Å². The van der Waals surface area contributed by atoms with Crippen molar-refractivity contribution in [2.75, 3.05) is 0 Å². The van der Waals surface area contributed by atoms with Crippen LogP contribution in [0, 0.1) is 17.6 Å². The van der Waals surface area contributed by atoms with Crippen LogP contribution >= 0.6 is 27.5 Å². The second kappa shape index (κ2) is 5.97. The van der Waals surface area contributed by atoms with Crippen LogP contribution in [-0.4, -0.2) is 0 Å². The van der Waals surface area contributed by atoms with Crippen LogP contribution in [0.5, 0.6) is 0 Å². The molecule has 4 heteroatoms. The molecule has 90 valence electrons. The summed E-state index contributed by atoms with van der Waals surface area (Å²) in [6.07, 6.45) is 1.54. The summed E-state index contributed by atoms with van der Waals surface area (Å²) in [6, 6.07) is 2.28. The highest BCUT2D eigenvalue weighted by Gasteiger charge is 2.16. The molecular formula is C12H14BrClF2. The highest BCUT2D eigenvalue weighted by molar-refractivity contribution is 9.10. The average Bonchev–Trinajstić information content (AvgIpc) is 2.20. The molecule has 0 amide bonds. The van der Waals surface area contributed by atoms with Crippen molar-refractivity contribution in [1.82, 2.24) is 0 Å². The number of rotatable bonds is 4. The molecule has 0 heterocycles. The Bertz CT molecular complexity index is 366. The van der Waals surface area contributed by atoms with Crippen molar-refractivity contribution in [3.8, 4) is 0 Å². The number of halogens is 4. The van der Waals surface area contributed by atoms with Gasteiger partial charge in [-0.1, -0.05) is 13.8 Å². The van der Waals surface area contributed by atoms with E-state index >= 15 is 0 Å². The van der Waals surface area contributed by atoms with Gasteiger partial charge in [-0.05, 0) is 46.8 Å². The molecule has 1 atom stereocenters. The molecule has 1 rings (SSSR count). The summed E-state index contributed by atoms with van der Waals surface area (Å²) in [5.74, 6) is -0.437. The highest BCUT2D eigenvalue weighted by atomic mass is 79.9. The lowest BCUT2D eigenvalue weighted by atomic mass is 10.0. The summed E-state index contributed by atoms with van der Waals surface area (Å²) in [5, 5.41) is -0.468. The number of benzene rings is 1. The van der Waals surface area contributed by atoms with Crippen molar-refractivity contribution in [3.05, 3.63) is 33.8 Å². The Hall–Kier alpha value is -0.150. The number of hydrogen-bond donors (Lipinski definition) is 0. The second-order valence-corrected chi connectivity index (χ2v) is 5.61. The molecular weight excluding hydrogens is 297 g/mol. The van der Waals surface area contributed by atoms with E-state index in [1.807, 2.05) is 0 Å². The van der Waals surface area contributed by atoms with Crippen LogP contribution < -0.4 is 0 Å². The topological polar surface area (TPSA) is 0 Å². The summed E-state index contributed by atoms with van der Waals surface area (Å²) in [6.45, 7) is 4.14. The molecule has 0 aromatic heterocycles. The Morgan fingerprint density at radius 3 is 2.38 bits per heavy atom. The average molecular weight is 312 g/mol. The van der Waals surface area contributed by atoms with Gasteiger partial charge in [-0.15, -0.1) is 11.6 Å². The summed E-state index contributed by atoms with van der Waals surface area (Å²) in [5.41, 5.74) is 0.239. The minimum atomic E-state index is -0.480. The monoisotopic (exact) mass is 310 g/mol. The quantitative estimate of drug-likeness (QED) is 0.513. The molecule has 0 saturated heterocycles. The fourth-order valence-electron chi connectivity index (χ4n) is 1.41. The molecule has 0 N–H and O–H groups in total. The van der Waals surface area contributed by atoms with Gasteiger partial charge in [0.25, 0.3) is 0 Å². The molecule has 0 aliphatic rings. The molecule has 1 aromatic rings. The Balaban J connectivity index is 2.82. The van der Waals surface area contributed by atoms with Gasteiger partial charge >= 0.3 is 0 Å². The molecule has 0 saturated carbocycles. The van der Waals surface area contributed by atoms with Crippen LogP contribution in [-0.2, 0) is 0 Å². The van der Waals surface area contributed by atoms with Crippen molar-refractivity contribution >= 4 is 27.5 Å². The van der Waals surface area contributed by atoms with E-state index in [1.165, 1.54) is 0 Å². The van der Waals surface area contributed by atoms with Crippen molar-refractivity contribution in [1.29, 1.82) is 0 Å². The molecule has 1 aromatic carbocycles. The van der Waals surface area contributed by atoms with E-state index in [0.717, 1.165) is 18.6 Å². The lowest BCUT2D eigenvalue weighted by Gasteiger charge is -2.13. The lowest BCUT2D eigenvalue weighted by Crippen LogP contribution is -1.99. The third-order valence-corrected chi connectivity index (χ3v) is 3.44. The van der Waals surface area contributed by atoms with Crippen LogP contribution in [0.25, 0.3) is 0 Å². The molecule has 0 radical (unpaired) electrons. The number of hydrogen-bond acceptors (Lipinski definition) is 0. The maximum absolute atomic E-state index is 13.5. The van der Waals surface area contributed by atoms with Crippen LogP contribution in [0.15, 0.2) is 16.6 Å². The van der Waals surface area contributed by atoms with Crippen molar-refractivity contribution in [3.63, 3.8) is 0 Å². The molecule has 0 nitrogen and oxygen atoms in total. The van der Waals surface area contributed by atoms with Gasteiger partial charge in [0.05, 0.1) is 9.85 Å². The normalized spacial score (nSPS) is 13.2. The predicted octanol–water partition coefficient (Wildman–Crippen LogP) is 5.44. The Labute approximate surface area is 108 Å². The molecule has 1 unspecified atom stereocenters. The zero-order valence-electron chi connectivity index (χ0n) is 9.24. The summed E-state index contributed by atoms with van der Waals surface area (Å²) >= 11 is 8.99. The first-order valence-corrected chi connectivity index (χ1v) is 6.43. The Kier molecular flexibility index (Phi) is 5.19. The first kappa shape index (κ1) is 13.9. The lowest BCUT2D eigenvalue weighted by molar-refractivity contribution is 0.529. The molecule has 16 heavy (non-hydrogen) atoms. The largest absolute Gasteiger partial charge is 0.207 e.